The van der Waals surface area contributed by atoms with Crippen LogP contribution in [-0.2, 0) is 0 Å². The number of aromatic nitrogens is 2. The van der Waals surface area contributed by atoms with Gasteiger partial charge in [-0.1, -0.05) is 12.1 Å². The highest BCUT2D eigenvalue weighted by molar-refractivity contribution is 5.68. The van der Waals surface area contributed by atoms with Gasteiger partial charge >= 0.3 is 0 Å². The molecule has 0 amide bonds. The number of β-amino-alcohol motifs (C(OH)–C–C–N with tert-alkyl or cyclic N) is 1. The minimum atomic E-state index is -0.520. The normalized spacial score (nSPS) is 15.4. The summed E-state index contributed by atoms with van der Waals surface area (Å²) >= 11 is 0. The first-order valence-electron chi connectivity index (χ1n) is 11.0. The van der Waals surface area contributed by atoms with Crippen LogP contribution in [0.4, 0.5) is 17.1 Å². The third kappa shape index (κ3) is 4.44. The van der Waals surface area contributed by atoms with Crippen LogP contribution in [0.3, 0.4) is 0 Å². The lowest BCUT2D eigenvalue weighted by Gasteiger charge is -2.21. The first-order valence-corrected chi connectivity index (χ1v) is 11.0. The van der Waals surface area contributed by atoms with E-state index in [0.29, 0.717) is 54.4 Å². The van der Waals surface area contributed by atoms with Gasteiger partial charge in [-0.15, -0.1) is 0 Å². The summed E-state index contributed by atoms with van der Waals surface area (Å²) in [6, 6.07) is 13.5. The van der Waals surface area contributed by atoms with Gasteiger partial charge in [0.1, 0.15) is 17.1 Å². The molecular weight excluding hydrogens is 438 g/mol. The molecule has 1 saturated heterocycles. The molecule has 10 heteroatoms. The van der Waals surface area contributed by atoms with Gasteiger partial charge in [-0.05, 0) is 43.7 Å². The Morgan fingerprint density at radius 1 is 1.26 bits per heavy atom. The van der Waals surface area contributed by atoms with Crippen LogP contribution in [0.15, 0.2) is 53.3 Å². The number of rotatable bonds is 7. The van der Waals surface area contributed by atoms with Crippen molar-refractivity contribution in [3.8, 4) is 22.7 Å². The fraction of sp³-hybridized carbons (Fsp3) is 0.333. The van der Waals surface area contributed by atoms with E-state index >= 15 is 0 Å². The number of aliphatic hydroxyl groups excluding tert-OH is 1. The average molecular weight is 466 g/mol. The molecular formula is C24H27N5O5. The van der Waals surface area contributed by atoms with Crippen molar-refractivity contribution in [3.63, 3.8) is 0 Å². The molecule has 0 spiro atoms. The summed E-state index contributed by atoms with van der Waals surface area (Å²) in [5.41, 5.74) is 1.62. The Morgan fingerprint density at radius 3 is 2.71 bits per heavy atom. The van der Waals surface area contributed by atoms with Gasteiger partial charge in [-0.25, -0.2) is 0 Å². The molecule has 1 aromatic heterocycles. The van der Waals surface area contributed by atoms with Crippen molar-refractivity contribution in [3.05, 3.63) is 69.0 Å². The highest BCUT2D eigenvalue weighted by atomic mass is 16.6. The van der Waals surface area contributed by atoms with Crippen LogP contribution in [0.5, 0.6) is 5.75 Å². The molecule has 3 aromatic rings. The monoisotopic (exact) mass is 465 g/mol. The van der Waals surface area contributed by atoms with E-state index in [9.17, 15) is 20.0 Å². The number of nitrogens with zero attached hydrogens (tertiary/aromatic N) is 5. The van der Waals surface area contributed by atoms with Crippen LogP contribution in [0, 0.1) is 10.1 Å². The summed E-state index contributed by atoms with van der Waals surface area (Å²) in [4.78, 5) is 28.6. The number of hydrogen-bond donors (Lipinski definition) is 1. The smallest absolute Gasteiger partial charge is 0.295 e. The number of benzene rings is 2. The zero-order valence-electron chi connectivity index (χ0n) is 19.3. The number of nitro groups is 1. The lowest BCUT2D eigenvalue weighted by Crippen LogP contribution is -2.31. The Bertz CT molecular complexity index is 1270. The van der Waals surface area contributed by atoms with Gasteiger partial charge in [-0.2, -0.15) is 9.78 Å². The standard InChI is InChI=1S/C24H27N5O5/c1-4-26(2)23-14-20(16-6-5-7-19(12-16)34-3)25-28(24(23)31)22-13-17(8-9-21(22)29(32)33)27-11-10-18(30)15-27/h5-9,12-14,18,30H,4,10-11,15H2,1-3H3/t18-/m1/s1. The number of anilines is 2. The number of ether oxygens (including phenoxy) is 1. The average Bonchev–Trinajstić information content (AvgIpc) is 3.29. The summed E-state index contributed by atoms with van der Waals surface area (Å²) in [5, 5.41) is 26.4. The van der Waals surface area contributed by atoms with E-state index in [-0.39, 0.29) is 11.4 Å². The molecule has 2 aromatic carbocycles. The molecule has 0 aliphatic carbocycles. The highest BCUT2D eigenvalue weighted by Crippen LogP contribution is 2.31. The number of hydrogen-bond acceptors (Lipinski definition) is 8. The fourth-order valence-electron chi connectivity index (χ4n) is 4.02. The second-order valence-corrected chi connectivity index (χ2v) is 8.20. The van der Waals surface area contributed by atoms with Crippen molar-refractivity contribution in [1.82, 2.24) is 9.78 Å². The molecule has 0 saturated carbocycles. The summed E-state index contributed by atoms with van der Waals surface area (Å²) in [6.45, 7) is 3.52. The molecule has 34 heavy (non-hydrogen) atoms. The van der Waals surface area contributed by atoms with Crippen molar-refractivity contribution < 1.29 is 14.8 Å². The zero-order valence-corrected chi connectivity index (χ0v) is 19.3. The summed E-state index contributed by atoms with van der Waals surface area (Å²) in [5.74, 6) is 0.628. The lowest BCUT2D eigenvalue weighted by atomic mass is 10.1. The largest absolute Gasteiger partial charge is 0.497 e. The van der Waals surface area contributed by atoms with E-state index in [1.165, 1.54) is 6.07 Å². The van der Waals surface area contributed by atoms with E-state index in [1.807, 2.05) is 24.0 Å². The van der Waals surface area contributed by atoms with E-state index in [2.05, 4.69) is 5.10 Å². The van der Waals surface area contributed by atoms with Crippen LogP contribution in [-0.4, -0.2) is 59.7 Å². The number of aliphatic hydroxyl groups is 1. The maximum atomic E-state index is 13.5. The van der Waals surface area contributed by atoms with Crippen LogP contribution in [0.2, 0.25) is 0 Å². The second-order valence-electron chi connectivity index (χ2n) is 8.20. The maximum Gasteiger partial charge on any atom is 0.295 e. The summed E-state index contributed by atoms with van der Waals surface area (Å²) in [6.07, 6.45) is 0.155. The van der Waals surface area contributed by atoms with Gasteiger partial charge in [0.15, 0.2) is 0 Å². The van der Waals surface area contributed by atoms with Gasteiger partial charge in [0, 0.05) is 44.0 Å². The molecule has 178 valence electrons. The molecule has 10 nitrogen and oxygen atoms in total. The Labute approximate surface area is 196 Å². The molecule has 1 atom stereocenters. The summed E-state index contributed by atoms with van der Waals surface area (Å²) < 4.78 is 6.43. The van der Waals surface area contributed by atoms with E-state index in [1.54, 1.807) is 49.4 Å². The van der Waals surface area contributed by atoms with Gasteiger partial charge in [0.2, 0.25) is 0 Å². The van der Waals surface area contributed by atoms with Crippen LogP contribution in [0.25, 0.3) is 16.9 Å². The molecule has 1 N–H and O–H groups in total. The Balaban J connectivity index is 1.95. The molecule has 1 fully saturated rings. The molecule has 2 heterocycles. The summed E-state index contributed by atoms with van der Waals surface area (Å²) in [7, 11) is 3.35. The van der Waals surface area contributed by atoms with Crippen LogP contribution in [0.1, 0.15) is 13.3 Å². The maximum absolute atomic E-state index is 13.5. The van der Waals surface area contributed by atoms with Crippen LogP contribution < -0.4 is 20.1 Å². The van der Waals surface area contributed by atoms with Crippen molar-refractivity contribution in [1.29, 1.82) is 0 Å². The number of nitro benzene ring substituents is 1. The predicted octanol–water partition coefficient (Wildman–Crippen LogP) is 2.84. The fourth-order valence-corrected chi connectivity index (χ4v) is 4.02. The third-order valence-electron chi connectivity index (χ3n) is 6.06. The lowest BCUT2D eigenvalue weighted by molar-refractivity contribution is -0.384. The van der Waals surface area contributed by atoms with E-state index < -0.39 is 16.6 Å². The first-order chi connectivity index (χ1) is 16.3. The topological polar surface area (TPSA) is 114 Å². The quantitative estimate of drug-likeness (QED) is 0.419. The molecule has 0 radical (unpaired) electrons. The second kappa shape index (κ2) is 9.52. The van der Waals surface area contributed by atoms with Gasteiger partial charge in [0.05, 0.1) is 23.8 Å². The zero-order chi connectivity index (χ0) is 24.4. The van der Waals surface area contributed by atoms with Gasteiger partial charge < -0.3 is 19.6 Å². The molecule has 0 unspecified atom stereocenters. The van der Waals surface area contributed by atoms with Crippen molar-refractivity contribution in [2.24, 2.45) is 0 Å². The van der Waals surface area contributed by atoms with Gasteiger partial charge in [-0.3, -0.25) is 14.9 Å². The number of methoxy groups -OCH3 is 1. The Hall–Kier alpha value is -3.92. The van der Waals surface area contributed by atoms with E-state index in [0.717, 1.165) is 4.68 Å². The third-order valence-corrected chi connectivity index (χ3v) is 6.06. The predicted molar refractivity (Wildman–Crippen MR) is 130 cm³/mol. The minimum Gasteiger partial charge on any atom is -0.497 e. The molecule has 0 bridgehead atoms. The van der Waals surface area contributed by atoms with Crippen LogP contribution >= 0.6 is 0 Å². The van der Waals surface area contributed by atoms with E-state index in [4.69, 9.17) is 4.74 Å². The molecule has 1 aliphatic rings. The molecule has 4 rings (SSSR count). The highest BCUT2D eigenvalue weighted by Gasteiger charge is 2.25. The Morgan fingerprint density at radius 2 is 2.06 bits per heavy atom. The minimum absolute atomic E-state index is 0.0735. The van der Waals surface area contributed by atoms with Crippen molar-refractivity contribution in [2.45, 2.75) is 19.4 Å². The van der Waals surface area contributed by atoms with Crippen molar-refractivity contribution in [2.75, 3.05) is 43.6 Å². The molecule has 1 aliphatic heterocycles. The van der Waals surface area contributed by atoms with Gasteiger partial charge in [0.25, 0.3) is 11.2 Å². The van der Waals surface area contributed by atoms with Crippen molar-refractivity contribution >= 4 is 17.1 Å². The SMILES string of the molecule is CCN(C)c1cc(-c2cccc(OC)c2)nn(-c2cc(N3CC[C@@H](O)C3)ccc2[N+](=O)[O-])c1=O. The Kier molecular flexibility index (Phi) is 6.51. The first kappa shape index (κ1) is 23.2.